The molecule has 0 fully saturated rings. The summed E-state index contributed by atoms with van der Waals surface area (Å²) in [7, 11) is 0. The Hall–Kier alpha value is -1.57. The van der Waals surface area contributed by atoms with Crippen molar-refractivity contribution in [3.05, 3.63) is 48.6 Å². The molecule has 112 valence electrons. The van der Waals surface area contributed by atoms with Crippen LogP contribution in [0.1, 0.15) is 58.3 Å². The Bertz CT molecular complexity index is 335. The number of hydrogen-bond acceptors (Lipinski definition) is 2. The molecule has 2 heteroatoms. The standard InChI is InChI=1S/C18H28O2/c1-2-3-4-5-6-7-8-9-10-11-12-13-14-15-16-17-18(19)20/h3-10H,2,11-17H2,1H3,(H,19,20)/p-1/b4-3+,6-5+,8-7+,10-9+. The van der Waals surface area contributed by atoms with Gasteiger partial charge in [0.25, 0.3) is 0 Å². The summed E-state index contributed by atoms with van der Waals surface area (Å²) in [4.78, 5) is 10.2. The first-order valence-corrected chi connectivity index (χ1v) is 7.62. The Labute approximate surface area is 123 Å². The molecule has 0 saturated carbocycles. The molecule has 0 aromatic rings. The van der Waals surface area contributed by atoms with Crippen molar-refractivity contribution in [2.75, 3.05) is 0 Å². The molecule has 20 heavy (non-hydrogen) atoms. The van der Waals surface area contributed by atoms with E-state index in [4.69, 9.17) is 0 Å². The second-order valence-corrected chi connectivity index (χ2v) is 4.71. The molecule has 0 aromatic carbocycles. The summed E-state index contributed by atoms with van der Waals surface area (Å²) in [6, 6.07) is 0. The summed E-state index contributed by atoms with van der Waals surface area (Å²) in [5.41, 5.74) is 0. The minimum atomic E-state index is -0.932. The highest BCUT2D eigenvalue weighted by Crippen LogP contribution is 2.07. The second kappa shape index (κ2) is 15.5. The van der Waals surface area contributed by atoms with Gasteiger partial charge in [-0.1, -0.05) is 74.8 Å². The van der Waals surface area contributed by atoms with Crippen LogP contribution in [0.3, 0.4) is 0 Å². The fraction of sp³-hybridized carbons (Fsp3) is 0.500. The molecule has 0 rings (SSSR count). The van der Waals surface area contributed by atoms with Gasteiger partial charge in [0.15, 0.2) is 0 Å². The van der Waals surface area contributed by atoms with E-state index in [1.807, 2.05) is 24.3 Å². The van der Waals surface area contributed by atoms with Crippen LogP contribution in [0.2, 0.25) is 0 Å². The van der Waals surface area contributed by atoms with Crippen LogP contribution in [0.15, 0.2) is 48.6 Å². The van der Waals surface area contributed by atoms with Gasteiger partial charge in [-0.05, 0) is 32.1 Å². The van der Waals surface area contributed by atoms with Crippen LogP contribution < -0.4 is 5.11 Å². The second-order valence-electron chi connectivity index (χ2n) is 4.71. The lowest BCUT2D eigenvalue weighted by molar-refractivity contribution is -0.305. The quantitative estimate of drug-likeness (QED) is 0.397. The maximum absolute atomic E-state index is 10.2. The summed E-state index contributed by atoms with van der Waals surface area (Å²) >= 11 is 0. The Kier molecular flexibility index (Phi) is 14.3. The van der Waals surface area contributed by atoms with Crippen molar-refractivity contribution in [3.8, 4) is 0 Å². The van der Waals surface area contributed by atoms with E-state index in [1.54, 1.807) is 0 Å². The van der Waals surface area contributed by atoms with Gasteiger partial charge in [0.1, 0.15) is 0 Å². The fourth-order valence-electron chi connectivity index (χ4n) is 1.71. The van der Waals surface area contributed by atoms with Gasteiger partial charge in [-0.2, -0.15) is 0 Å². The van der Waals surface area contributed by atoms with Crippen molar-refractivity contribution < 1.29 is 9.90 Å². The topological polar surface area (TPSA) is 40.1 Å². The van der Waals surface area contributed by atoms with Gasteiger partial charge in [-0.25, -0.2) is 0 Å². The molecule has 0 aliphatic carbocycles. The van der Waals surface area contributed by atoms with Crippen molar-refractivity contribution in [3.63, 3.8) is 0 Å². The number of aliphatic carboxylic acids is 1. The number of unbranched alkanes of at least 4 members (excludes halogenated alkanes) is 5. The van der Waals surface area contributed by atoms with Crippen LogP contribution >= 0.6 is 0 Å². The molecule has 0 radical (unpaired) electrons. The van der Waals surface area contributed by atoms with Crippen molar-refractivity contribution in [1.29, 1.82) is 0 Å². The van der Waals surface area contributed by atoms with E-state index in [-0.39, 0.29) is 6.42 Å². The van der Waals surface area contributed by atoms with Gasteiger partial charge in [-0.15, -0.1) is 0 Å². The van der Waals surface area contributed by atoms with Gasteiger partial charge in [0.2, 0.25) is 0 Å². The molecule has 0 aliphatic heterocycles. The first kappa shape index (κ1) is 18.4. The Morgan fingerprint density at radius 3 is 2.00 bits per heavy atom. The van der Waals surface area contributed by atoms with Gasteiger partial charge < -0.3 is 9.90 Å². The molecular weight excluding hydrogens is 248 g/mol. The zero-order valence-electron chi connectivity index (χ0n) is 12.6. The predicted molar refractivity (Wildman–Crippen MR) is 84.2 cm³/mol. The normalized spacial score (nSPS) is 12.4. The van der Waals surface area contributed by atoms with Crippen molar-refractivity contribution in [2.24, 2.45) is 0 Å². The number of allylic oxidation sites excluding steroid dienone is 8. The summed E-state index contributed by atoms with van der Waals surface area (Å²) in [6.45, 7) is 2.12. The van der Waals surface area contributed by atoms with Crippen LogP contribution in [0, 0.1) is 0 Å². The highest BCUT2D eigenvalue weighted by atomic mass is 16.4. The predicted octanol–water partition coefficient (Wildman–Crippen LogP) is 4.10. The third kappa shape index (κ3) is 16.4. The summed E-state index contributed by atoms with van der Waals surface area (Å²) in [5.74, 6) is -0.932. The Morgan fingerprint density at radius 2 is 1.35 bits per heavy atom. The van der Waals surface area contributed by atoms with E-state index in [0.717, 1.165) is 32.1 Å². The minimum Gasteiger partial charge on any atom is -0.550 e. The number of carbonyl (C=O) groups is 1. The van der Waals surface area contributed by atoms with Gasteiger partial charge >= 0.3 is 0 Å². The molecule has 0 unspecified atom stereocenters. The molecule has 0 N–H and O–H groups in total. The van der Waals surface area contributed by atoms with E-state index in [2.05, 4.69) is 31.2 Å². The summed E-state index contributed by atoms with van der Waals surface area (Å²) < 4.78 is 0. The van der Waals surface area contributed by atoms with Crippen molar-refractivity contribution in [2.45, 2.75) is 58.3 Å². The fourth-order valence-corrected chi connectivity index (χ4v) is 1.71. The van der Waals surface area contributed by atoms with Crippen molar-refractivity contribution >= 4 is 5.97 Å². The lowest BCUT2D eigenvalue weighted by Gasteiger charge is -2.01. The van der Waals surface area contributed by atoms with Gasteiger partial charge in [0, 0.05) is 5.97 Å². The SMILES string of the molecule is CC/C=C/C=C/C=C/C=C/CCCCCCCC(=O)[O-]. The lowest BCUT2D eigenvalue weighted by atomic mass is 10.1. The van der Waals surface area contributed by atoms with E-state index in [1.165, 1.54) is 12.8 Å². The number of hydrogen-bond donors (Lipinski definition) is 0. The minimum absolute atomic E-state index is 0.200. The number of rotatable bonds is 12. The zero-order chi connectivity index (χ0) is 14.9. The number of carboxylic acids is 1. The molecule has 0 spiro atoms. The molecule has 0 amide bonds. The third-order valence-corrected chi connectivity index (χ3v) is 2.82. The summed E-state index contributed by atoms with van der Waals surface area (Å²) in [5, 5.41) is 10.2. The highest BCUT2D eigenvalue weighted by Gasteiger charge is 1.90. The first-order chi connectivity index (χ1) is 9.77. The van der Waals surface area contributed by atoms with Gasteiger partial charge in [0.05, 0.1) is 0 Å². The average molecular weight is 275 g/mol. The maximum atomic E-state index is 10.2. The van der Waals surface area contributed by atoms with Crippen LogP contribution in [0.4, 0.5) is 0 Å². The number of carbonyl (C=O) groups excluding carboxylic acids is 1. The molecule has 0 saturated heterocycles. The molecule has 0 atom stereocenters. The highest BCUT2D eigenvalue weighted by molar-refractivity contribution is 5.63. The Morgan fingerprint density at radius 1 is 0.800 bits per heavy atom. The van der Waals surface area contributed by atoms with E-state index >= 15 is 0 Å². The van der Waals surface area contributed by atoms with Gasteiger partial charge in [-0.3, -0.25) is 0 Å². The van der Waals surface area contributed by atoms with Crippen LogP contribution in [-0.2, 0) is 4.79 Å². The maximum Gasteiger partial charge on any atom is 0.0414 e. The van der Waals surface area contributed by atoms with E-state index in [9.17, 15) is 9.90 Å². The van der Waals surface area contributed by atoms with Crippen LogP contribution in [0.5, 0.6) is 0 Å². The van der Waals surface area contributed by atoms with Crippen LogP contribution in [0.25, 0.3) is 0 Å². The molecule has 2 nitrogen and oxygen atoms in total. The molecule has 0 aromatic heterocycles. The lowest BCUT2D eigenvalue weighted by Crippen LogP contribution is -2.21. The molecule has 0 aliphatic rings. The van der Waals surface area contributed by atoms with E-state index in [0.29, 0.717) is 0 Å². The number of carboxylic acid groups (broad SMARTS) is 1. The zero-order valence-corrected chi connectivity index (χ0v) is 12.6. The molecule has 0 heterocycles. The third-order valence-electron chi connectivity index (χ3n) is 2.82. The smallest absolute Gasteiger partial charge is 0.0414 e. The van der Waals surface area contributed by atoms with Crippen LogP contribution in [-0.4, -0.2) is 5.97 Å². The monoisotopic (exact) mass is 275 g/mol. The molecule has 0 bridgehead atoms. The largest absolute Gasteiger partial charge is 0.550 e. The average Bonchev–Trinajstić information content (AvgIpc) is 2.43. The molecular formula is C18H27O2-. The summed E-state index contributed by atoms with van der Waals surface area (Å²) in [6.07, 6.45) is 24.1. The first-order valence-electron chi connectivity index (χ1n) is 7.62. The Balaban J connectivity index is 3.35. The van der Waals surface area contributed by atoms with Crippen molar-refractivity contribution in [1.82, 2.24) is 0 Å². The van der Waals surface area contributed by atoms with E-state index < -0.39 is 5.97 Å².